The summed E-state index contributed by atoms with van der Waals surface area (Å²) in [6.07, 6.45) is 0. The number of nitrogens with one attached hydrogen (secondary N) is 1. The molecule has 3 aromatic rings. The van der Waals surface area contributed by atoms with Crippen LogP contribution >= 0.6 is 0 Å². The number of nitrogens with zero attached hydrogens (tertiary/aromatic N) is 3. The van der Waals surface area contributed by atoms with E-state index in [1.54, 1.807) is 27.8 Å². The summed E-state index contributed by atoms with van der Waals surface area (Å²) in [7, 11) is 0. The highest BCUT2D eigenvalue weighted by Gasteiger charge is 2.31. The fraction of sp³-hybridized carbons (Fsp3) is 0.200. The van der Waals surface area contributed by atoms with E-state index in [0.717, 1.165) is 6.07 Å². The predicted molar refractivity (Wildman–Crippen MR) is 98.7 cm³/mol. The lowest BCUT2D eigenvalue weighted by Gasteiger charge is -2.31. The lowest BCUT2D eigenvalue weighted by Crippen LogP contribution is -2.42. The molecule has 0 fully saturated rings. The van der Waals surface area contributed by atoms with Crippen molar-refractivity contribution in [3.8, 4) is 0 Å². The minimum absolute atomic E-state index is 0.0262. The molecule has 4 rings (SSSR count). The second-order valence-electron chi connectivity index (χ2n) is 6.66. The Morgan fingerprint density at radius 3 is 2.64 bits per heavy atom. The standard InChI is InChI=1S/C20H17F3N4O/c1-12-11-26(15-7-5-13(21)6-8-15)20(28)18-9-14(25-27(12)18)10-24-17-4-2-3-16(22)19(17)23/h2-9,12,24H,10-11H2,1H3. The summed E-state index contributed by atoms with van der Waals surface area (Å²) in [6.45, 7) is 2.45. The number of rotatable bonds is 4. The zero-order chi connectivity index (χ0) is 19.8. The Hall–Kier alpha value is -3.29. The minimum Gasteiger partial charge on any atom is -0.377 e. The molecule has 1 aliphatic rings. The second kappa shape index (κ2) is 7.03. The summed E-state index contributed by atoms with van der Waals surface area (Å²) in [5.74, 6) is -2.52. The number of carbonyl (C=O) groups is 1. The van der Waals surface area contributed by atoms with Crippen LogP contribution in [0.1, 0.15) is 29.1 Å². The van der Waals surface area contributed by atoms with Crippen LogP contribution in [0.5, 0.6) is 0 Å². The summed E-state index contributed by atoms with van der Waals surface area (Å²) < 4.78 is 41.9. The summed E-state index contributed by atoms with van der Waals surface area (Å²) in [4.78, 5) is 14.4. The number of amides is 1. The van der Waals surface area contributed by atoms with Crippen molar-refractivity contribution in [1.82, 2.24) is 9.78 Å². The first-order chi connectivity index (χ1) is 13.4. The van der Waals surface area contributed by atoms with Crippen LogP contribution in [0, 0.1) is 17.5 Å². The third-order valence-corrected chi connectivity index (χ3v) is 4.66. The number of anilines is 2. The molecule has 8 heteroatoms. The number of benzene rings is 2. The highest BCUT2D eigenvalue weighted by atomic mass is 19.2. The molecule has 0 saturated carbocycles. The van der Waals surface area contributed by atoms with Gasteiger partial charge in [0, 0.05) is 12.2 Å². The summed E-state index contributed by atoms with van der Waals surface area (Å²) in [5.41, 5.74) is 1.55. The number of halogens is 3. The number of fused-ring (bicyclic) bond motifs is 1. The number of hydrogen-bond donors (Lipinski definition) is 1. The third kappa shape index (κ3) is 3.21. The van der Waals surface area contributed by atoms with Crippen molar-refractivity contribution in [3.63, 3.8) is 0 Å². The molecule has 0 spiro atoms. The van der Waals surface area contributed by atoms with E-state index >= 15 is 0 Å². The molecular formula is C20H17F3N4O. The number of hydrogen-bond acceptors (Lipinski definition) is 3. The Morgan fingerprint density at radius 1 is 1.14 bits per heavy atom. The minimum atomic E-state index is -0.960. The van der Waals surface area contributed by atoms with Crippen molar-refractivity contribution >= 4 is 17.3 Å². The van der Waals surface area contributed by atoms with Gasteiger partial charge in [0.1, 0.15) is 11.5 Å². The third-order valence-electron chi connectivity index (χ3n) is 4.66. The summed E-state index contributed by atoms with van der Waals surface area (Å²) in [6, 6.07) is 11.1. The van der Waals surface area contributed by atoms with E-state index in [4.69, 9.17) is 0 Å². The van der Waals surface area contributed by atoms with E-state index in [2.05, 4.69) is 10.4 Å². The van der Waals surface area contributed by atoms with Crippen molar-refractivity contribution < 1.29 is 18.0 Å². The molecule has 0 aliphatic carbocycles. The molecule has 2 heterocycles. The van der Waals surface area contributed by atoms with Gasteiger partial charge in [0.05, 0.1) is 24.0 Å². The maximum Gasteiger partial charge on any atom is 0.276 e. The first-order valence-corrected chi connectivity index (χ1v) is 8.78. The van der Waals surface area contributed by atoms with E-state index in [1.165, 1.54) is 24.3 Å². The molecule has 0 radical (unpaired) electrons. The topological polar surface area (TPSA) is 50.2 Å². The fourth-order valence-corrected chi connectivity index (χ4v) is 3.26. The van der Waals surface area contributed by atoms with Crippen LogP contribution in [0.2, 0.25) is 0 Å². The maximum atomic E-state index is 13.8. The molecule has 1 atom stereocenters. The van der Waals surface area contributed by atoms with Crippen molar-refractivity contribution in [2.45, 2.75) is 19.5 Å². The molecule has 1 amide bonds. The van der Waals surface area contributed by atoms with Gasteiger partial charge in [-0.15, -0.1) is 0 Å². The Labute approximate surface area is 159 Å². The van der Waals surface area contributed by atoms with Gasteiger partial charge in [-0.2, -0.15) is 5.10 Å². The molecular weight excluding hydrogens is 369 g/mol. The van der Waals surface area contributed by atoms with Crippen molar-refractivity contribution in [1.29, 1.82) is 0 Å². The van der Waals surface area contributed by atoms with Crippen molar-refractivity contribution in [2.75, 3.05) is 16.8 Å². The highest BCUT2D eigenvalue weighted by molar-refractivity contribution is 6.05. The van der Waals surface area contributed by atoms with Gasteiger partial charge in [-0.25, -0.2) is 13.2 Å². The van der Waals surface area contributed by atoms with Gasteiger partial charge in [-0.1, -0.05) is 6.07 Å². The SMILES string of the molecule is CC1CN(c2ccc(F)cc2)C(=O)c2cc(CNc3cccc(F)c3F)nn21. The number of carbonyl (C=O) groups excluding carboxylic acids is 1. The van der Waals surface area contributed by atoms with Gasteiger partial charge >= 0.3 is 0 Å². The van der Waals surface area contributed by atoms with E-state index in [9.17, 15) is 18.0 Å². The van der Waals surface area contributed by atoms with Crippen LogP contribution < -0.4 is 10.2 Å². The van der Waals surface area contributed by atoms with E-state index in [1.807, 2.05) is 6.92 Å². The molecule has 5 nitrogen and oxygen atoms in total. The van der Waals surface area contributed by atoms with Crippen LogP contribution in [0.15, 0.2) is 48.5 Å². The zero-order valence-electron chi connectivity index (χ0n) is 15.0. The maximum absolute atomic E-state index is 13.8. The Morgan fingerprint density at radius 2 is 1.89 bits per heavy atom. The second-order valence-corrected chi connectivity index (χ2v) is 6.66. The van der Waals surface area contributed by atoms with Crippen LogP contribution in [-0.2, 0) is 6.54 Å². The van der Waals surface area contributed by atoms with Crippen LogP contribution in [-0.4, -0.2) is 22.2 Å². The van der Waals surface area contributed by atoms with E-state index < -0.39 is 11.6 Å². The molecule has 1 aliphatic heterocycles. The first-order valence-electron chi connectivity index (χ1n) is 8.78. The van der Waals surface area contributed by atoms with Crippen LogP contribution in [0.3, 0.4) is 0 Å². The largest absolute Gasteiger partial charge is 0.377 e. The van der Waals surface area contributed by atoms with Gasteiger partial charge in [-0.3, -0.25) is 9.48 Å². The summed E-state index contributed by atoms with van der Waals surface area (Å²) in [5, 5.41) is 7.22. The van der Waals surface area contributed by atoms with E-state index in [0.29, 0.717) is 23.6 Å². The molecule has 0 saturated heterocycles. The molecule has 1 aromatic heterocycles. The van der Waals surface area contributed by atoms with Crippen molar-refractivity contribution in [3.05, 3.63) is 77.4 Å². The normalized spacial score (nSPS) is 16.2. The van der Waals surface area contributed by atoms with Gasteiger partial charge < -0.3 is 10.2 Å². The van der Waals surface area contributed by atoms with E-state index in [-0.39, 0.29) is 30.0 Å². The average molecular weight is 386 g/mol. The fourth-order valence-electron chi connectivity index (χ4n) is 3.26. The Bertz CT molecular complexity index is 1030. The Balaban J connectivity index is 1.56. The van der Waals surface area contributed by atoms with Gasteiger partial charge in [0.25, 0.3) is 5.91 Å². The average Bonchev–Trinajstić information content (AvgIpc) is 3.12. The molecule has 2 aromatic carbocycles. The smallest absolute Gasteiger partial charge is 0.276 e. The highest BCUT2D eigenvalue weighted by Crippen LogP contribution is 2.27. The molecule has 1 unspecified atom stereocenters. The first kappa shape index (κ1) is 18.1. The predicted octanol–water partition coefficient (Wildman–Crippen LogP) is 4.13. The van der Waals surface area contributed by atoms with Gasteiger partial charge in [0.15, 0.2) is 11.6 Å². The molecule has 0 bridgehead atoms. The Kier molecular flexibility index (Phi) is 4.54. The number of aromatic nitrogens is 2. The van der Waals surface area contributed by atoms with Crippen molar-refractivity contribution in [2.24, 2.45) is 0 Å². The van der Waals surface area contributed by atoms with Crippen LogP contribution in [0.25, 0.3) is 0 Å². The zero-order valence-corrected chi connectivity index (χ0v) is 15.0. The van der Waals surface area contributed by atoms with Gasteiger partial charge in [-0.05, 0) is 49.4 Å². The molecule has 28 heavy (non-hydrogen) atoms. The quantitative estimate of drug-likeness (QED) is 0.733. The lowest BCUT2D eigenvalue weighted by molar-refractivity contribution is 0.0953. The lowest BCUT2D eigenvalue weighted by atomic mass is 10.1. The monoisotopic (exact) mass is 386 g/mol. The van der Waals surface area contributed by atoms with Crippen LogP contribution in [0.4, 0.5) is 24.5 Å². The summed E-state index contributed by atoms with van der Waals surface area (Å²) >= 11 is 0. The molecule has 144 valence electrons. The van der Waals surface area contributed by atoms with Gasteiger partial charge in [0.2, 0.25) is 0 Å². The molecule has 1 N–H and O–H groups in total.